The Morgan fingerprint density at radius 3 is 2.67 bits per heavy atom. The van der Waals surface area contributed by atoms with Crippen LogP contribution < -0.4 is 4.90 Å². The number of aryl methyl sites for hydroxylation is 1. The lowest BCUT2D eigenvalue weighted by Crippen LogP contribution is -2.53. The number of nitrogens with zero attached hydrogens (tertiary/aromatic N) is 6. The number of rotatable bonds is 7. The van der Waals surface area contributed by atoms with Crippen molar-refractivity contribution in [2.24, 2.45) is 5.41 Å². The smallest absolute Gasteiger partial charge is 0.318 e. The van der Waals surface area contributed by atoms with Crippen LogP contribution in [0.1, 0.15) is 35.6 Å². The third-order valence-corrected chi connectivity index (χ3v) is 10.5. The molecule has 3 aromatic heterocycles. The van der Waals surface area contributed by atoms with Crippen LogP contribution in [0.3, 0.4) is 0 Å². The number of hydrogen-bond acceptors (Lipinski definition) is 9. The molecule has 2 aliphatic heterocycles. The van der Waals surface area contributed by atoms with E-state index in [0.717, 1.165) is 16.8 Å². The molecule has 0 amide bonds. The molecule has 5 heterocycles. The largest absolute Gasteiger partial charge is 0.458 e. The quantitative estimate of drug-likeness (QED) is 0.277. The highest BCUT2D eigenvalue weighted by Crippen LogP contribution is 2.46. The van der Waals surface area contributed by atoms with Gasteiger partial charge in [0.2, 0.25) is 10.0 Å². The lowest BCUT2D eigenvalue weighted by atomic mass is 9.69. The molecule has 45 heavy (non-hydrogen) atoms. The SMILES string of the molecule is Cc1cc(COC(=O)C23Cc4cnn(-c5ccc(F)cc5)c4C=C2CCN(S(=O)(=O)c2ccc(N4CCC(F)C4)nc2)C3)no1. The summed E-state index contributed by atoms with van der Waals surface area (Å²) in [6.45, 7) is 2.30. The Morgan fingerprint density at radius 1 is 1.16 bits per heavy atom. The molecule has 7 rings (SSSR count). The molecule has 0 spiro atoms. The van der Waals surface area contributed by atoms with Crippen LogP contribution in [-0.4, -0.2) is 71.0 Å². The number of alkyl halides is 1. The van der Waals surface area contributed by atoms with E-state index in [4.69, 9.17) is 9.26 Å². The summed E-state index contributed by atoms with van der Waals surface area (Å²) in [6.07, 6.45) is 4.67. The van der Waals surface area contributed by atoms with Gasteiger partial charge in [-0.2, -0.15) is 9.40 Å². The van der Waals surface area contributed by atoms with Gasteiger partial charge in [0.1, 0.15) is 46.2 Å². The number of carbonyl (C=O) groups excluding carboxylic acids is 1. The van der Waals surface area contributed by atoms with E-state index in [-0.39, 0.29) is 49.8 Å². The molecule has 0 saturated carbocycles. The fraction of sp³-hybridized carbons (Fsp3) is 0.355. The number of esters is 1. The monoisotopic (exact) mass is 636 g/mol. The van der Waals surface area contributed by atoms with Crippen molar-refractivity contribution in [2.45, 2.75) is 43.9 Å². The first-order valence-corrected chi connectivity index (χ1v) is 16.0. The number of fused-ring (bicyclic) bond motifs is 2. The predicted molar refractivity (Wildman–Crippen MR) is 158 cm³/mol. The van der Waals surface area contributed by atoms with Crippen LogP contribution in [0, 0.1) is 18.2 Å². The molecule has 0 N–H and O–H groups in total. The number of piperidine rings is 1. The summed E-state index contributed by atoms with van der Waals surface area (Å²) < 4.78 is 69.0. The lowest BCUT2D eigenvalue weighted by Gasteiger charge is -2.43. The van der Waals surface area contributed by atoms with Gasteiger partial charge in [-0.25, -0.2) is 26.9 Å². The van der Waals surface area contributed by atoms with Crippen molar-refractivity contribution in [3.05, 3.63) is 89.0 Å². The molecule has 2 atom stereocenters. The van der Waals surface area contributed by atoms with Crippen molar-refractivity contribution >= 4 is 27.9 Å². The van der Waals surface area contributed by atoms with Crippen LogP contribution in [0.2, 0.25) is 0 Å². The number of halogens is 2. The molecule has 4 aromatic rings. The fourth-order valence-electron chi connectivity index (χ4n) is 6.33. The maximum atomic E-state index is 14.0. The van der Waals surface area contributed by atoms with E-state index in [1.165, 1.54) is 28.7 Å². The predicted octanol–water partition coefficient (Wildman–Crippen LogP) is 4.01. The van der Waals surface area contributed by atoms with Gasteiger partial charge in [-0.05, 0) is 79.8 Å². The van der Waals surface area contributed by atoms with Gasteiger partial charge in [0.25, 0.3) is 0 Å². The number of anilines is 1. The normalized spacial score (nSPS) is 21.7. The van der Waals surface area contributed by atoms with Gasteiger partial charge < -0.3 is 14.2 Å². The third kappa shape index (κ3) is 5.31. The Morgan fingerprint density at radius 2 is 1.98 bits per heavy atom. The number of pyridine rings is 1. The Kier molecular flexibility index (Phi) is 7.28. The van der Waals surface area contributed by atoms with Crippen LogP contribution >= 0.6 is 0 Å². The second-order valence-electron chi connectivity index (χ2n) is 11.6. The zero-order valence-electron chi connectivity index (χ0n) is 24.4. The highest BCUT2D eigenvalue weighted by Gasteiger charge is 2.52. The Bertz CT molecular complexity index is 1890. The fourth-order valence-corrected chi connectivity index (χ4v) is 7.78. The minimum absolute atomic E-state index is 0.0168. The van der Waals surface area contributed by atoms with Crippen LogP contribution in [0.25, 0.3) is 11.8 Å². The zero-order valence-corrected chi connectivity index (χ0v) is 25.2. The van der Waals surface area contributed by atoms with Crippen molar-refractivity contribution < 1.29 is 31.3 Å². The van der Waals surface area contributed by atoms with Crippen molar-refractivity contribution in [1.29, 1.82) is 0 Å². The summed E-state index contributed by atoms with van der Waals surface area (Å²) in [5, 5.41) is 8.41. The van der Waals surface area contributed by atoms with Gasteiger partial charge in [0.15, 0.2) is 0 Å². The molecular weight excluding hydrogens is 606 g/mol. The third-order valence-electron chi connectivity index (χ3n) is 8.68. The highest BCUT2D eigenvalue weighted by atomic mass is 32.2. The molecular formula is C31H30F2N6O5S. The van der Waals surface area contributed by atoms with Gasteiger partial charge >= 0.3 is 5.97 Å². The average Bonchev–Trinajstić information content (AvgIpc) is 3.78. The van der Waals surface area contributed by atoms with E-state index < -0.39 is 27.6 Å². The minimum atomic E-state index is -4.06. The highest BCUT2D eigenvalue weighted by molar-refractivity contribution is 7.89. The minimum Gasteiger partial charge on any atom is -0.458 e. The molecule has 1 aliphatic carbocycles. The van der Waals surface area contributed by atoms with E-state index in [1.807, 2.05) is 6.08 Å². The second-order valence-corrected chi connectivity index (χ2v) is 13.6. The van der Waals surface area contributed by atoms with E-state index in [0.29, 0.717) is 35.9 Å². The molecule has 2 saturated heterocycles. The Balaban J connectivity index is 1.20. The van der Waals surface area contributed by atoms with Crippen molar-refractivity contribution in [3.8, 4) is 5.69 Å². The molecule has 0 radical (unpaired) electrons. The summed E-state index contributed by atoms with van der Waals surface area (Å²) in [5.74, 6) is 0.126. The second kappa shape index (κ2) is 11.2. The molecule has 3 aliphatic rings. The van der Waals surface area contributed by atoms with Crippen LogP contribution in [0.5, 0.6) is 0 Å². The standard InChI is InChI=1S/C31H30F2N6O5S/c1-20-12-25(36-44-20)18-43-30(40)31-14-21-15-35-39(26-4-2-23(32)3-5-26)28(21)13-22(31)8-11-38(19-31)45(41,42)27-6-7-29(34-16-27)37-10-9-24(33)17-37/h2-7,12-13,15-16,24H,8-11,14,17-19H2,1H3. The van der Waals surface area contributed by atoms with E-state index in [9.17, 15) is 22.0 Å². The molecule has 1 aromatic carbocycles. The number of carbonyl (C=O) groups is 1. The summed E-state index contributed by atoms with van der Waals surface area (Å²) in [5.41, 5.74) is 1.94. The number of benzene rings is 1. The Hall–Kier alpha value is -4.43. The number of aromatic nitrogens is 4. The van der Waals surface area contributed by atoms with Crippen LogP contribution in [0.4, 0.5) is 14.6 Å². The van der Waals surface area contributed by atoms with Crippen molar-refractivity contribution in [3.63, 3.8) is 0 Å². The average molecular weight is 637 g/mol. The van der Waals surface area contributed by atoms with E-state index >= 15 is 0 Å². The maximum absolute atomic E-state index is 14.0. The number of ether oxygens (including phenoxy) is 1. The summed E-state index contributed by atoms with van der Waals surface area (Å²) in [4.78, 5) is 20.1. The van der Waals surface area contributed by atoms with E-state index in [2.05, 4.69) is 15.2 Å². The number of hydrogen-bond donors (Lipinski definition) is 0. The van der Waals surface area contributed by atoms with E-state index in [1.54, 1.807) is 47.0 Å². The van der Waals surface area contributed by atoms with Crippen LogP contribution in [0.15, 0.2) is 69.8 Å². The molecule has 2 unspecified atom stereocenters. The summed E-state index contributed by atoms with van der Waals surface area (Å²) in [6, 6.07) is 10.6. The van der Waals surface area contributed by atoms with Gasteiger partial charge in [0.05, 0.1) is 24.1 Å². The summed E-state index contributed by atoms with van der Waals surface area (Å²) >= 11 is 0. The van der Waals surface area contributed by atoms with Crippen molar-refractivity contribution in [2.75, 3.05) is 31.1 Å². The first-order chi connectivity index (χ1) is 21.6. The van der Waals surface area contributed by atoms with Crippen LogP contribution in [-0.2, 0) is 32.6 Å². The molecule has 234 valence electrons. The van der Waals surface area contributed by atoms with Gasteiger partial charge in [-0.1, -0.05) is 5.16 Å². The van der Waals surface area contributed by atoms with Gasteiger partial charge in [-0.3, -0.25) is 4.79 Å². The maximum Gasteiger partial charge on any atom is 0.318 e. The van der Waals surface area contributed by atoms with Crippen molar-refractivity contribution in [1.82, 2.24) is 24.2 Å². The topological polar surface area (TPSA) is 124 Å². The lowest BCUT2D eigenvalue weighted by molar-refractivity contribution is -0.156. The molecule has 0 bridgehead atoms. The van der Waals surface area contributed by atoms with Gasteiger partial charge in [-0.15, -0.1) is 0 Å². The molecule has 14 heteroatoms. The summed E-state index contributed by atoms with van der Waals surface area (Å²) in [7, 11) is -4.06. The zero-order chi connectivity index (χ0) is 31.3. The Labute approximate surface area is 258 Å². The first-order valence-electron chi connectivity index (χ1n) is 14.6. The molecule has 2 fully saturated rings. The van der Waals surface area contributed by atoms with Gasteiger partial charge in [0, 0.05) is 31.9 Å². The molecule has 11 nitrogen and oxygen atoms in total. The number of sulfonamides is 1. The first kappa shape index (κ1) is 29.3.